The zero-order valence-corrected chi connectivity index (χ0v) is 20.6. The molecule has 0 spiro atoms. The van der Waals surface area contributed by atoms with E-state index < -0.39 is 17.9 Å². The second-order valence-corrected chi connectivity index (χ2v) is 9.26. The molecule has 3 rings (SSSR count). The lowest BCUT2D eigenvalue weighted by Crippen LogP contribution is -2.39. The van der Waals surface area contributed by atoms with Crippen molar-refractivity contribution in [1.29, 1.82) is 0 Å². The summed E-state index contributed by atoms with van der Waals surface area (Å²) in [7, 11) is 0. The van der Waals surface area contributed by atoms with Crippen LogP contribution in [0.2, 0.25) is 0 Å². The highest BCUT2D eigenvalue weighted by atomic mass is 19.4. The van der Waals surface area contributed by atoms with E-state index in [0.717, 1.165) is 17.2 Å². The number of halogens is 4. The molecule has 2 atom stereocenters. The van der Waals surface area contributed by atoms with Crippen molar-refractivity contribution in [3.8, 4) is 0 Å². The number of carbonyl (C=O) groups excluding carboxylic acids is 1. The molecule has 8 heteroatoms. The minimum absolute atomic E-state index is 0.153. The molecule has 36 heavy (non-hydrogen) atoms. The number of alkyl halides is 3. The Balaban J connectivity index is 1.83. The number of hydrogen-bond donors (Lipinski definition) is 2. The number of aryl methyl sites for hydroxylation is 1. The Morgan fingerprint density at radius 1 is 0.972 bits per heavy atom. The number of aromatic nitrogens is 1. The quantitative estimate of drug-likeness (QED) is 0.327. The van der Waals surface area contributed by atoms with E-state index in [1.54, 1.807) is 19.1 Å². The lowest BCUT2D eigenvalue weighted by atomic mass is 9.88. The van der Waals surface area contributed by atoms with Gasteiger partial charge in [-0.05, 0) is 60.2 Å². The van der Waals surface area contributed by atoms with Gasteiger partial charge >= 0.3 is 6.18 Å². The summed E-state index contributed by atoms with van der Waals surface area (Å²) in [6, 6.07) is 15.8. The molecule has 0 radical (unpaired) electrons. The minimum Gasteiger partial charge on any atom is -0.354 e. The van der Waals surface area contributed by atoms with Gasteiger partial charge in [0.15, 0.2) is 0 Å². The Bertz CT molecular complexity index is 1130. The topological polar surface area (TPSA) is 54.0 Å². The SMILES string of the molecule is Cc1cc([C@H](CCN[C@H](C(=O)NCC(C)C)c2ccccc2)c2ccc(C(F)(F)F)nc2)ccc1F. The highest BCUT2D eigenvalue weighted by molar-refractivity contribution is 5.83. The van der Waals surface area contributed by atoms with Gasteiger partial charge in [0.25, 0.3) is 0 Å². The lowest BCUT2D eigenvalue weighted by molar-refractivity contribution is -0.141. The molecular weight excluding hydrogens is 470 g/mol. The van der Waals surface area contributed by atoms with Gasteiger partial charge in [0, 0.05) is 18.7 Å². The summed E-state index contributed by atoms with van der Waals surface area (Å²) in [6.07, 6.45) is -2.86. The summed E-state index contributed by atoms with van der Waals surface area (Å²) in [5.74, 6) is -0.558. The van der Waals surface area contributed by atoms with Gasteiger partial charge in [-0.1, -0.05) is 62.4 Å². The van der Waals surface area contributed by atoms with Crippen LogP contribution in [0.25, 0.3) is 0 Å². The maximum absolute atomic E-state index is 13.9. The smallest absolute Gasteiger partial charge is 0.354 e. The third-order valence-corrected chi connectivity index (χ3v) is 5.92. The average Bonchev–Trinajstić information content (AvgIpc) is 2.84. The fourth-order valence-electron chi connectivity index (χ4n) is 3.98. The van der Waals surface area contributed by atoms with Gasteiger partial charge in [-0.3, -0.25) is 9.78 Å². The number of nitrogens with zero attached hydrogens (tertiary/aromatic N) is 1. The van der Waals surface area contributed by atoms with Gasteiger partial charge in [0.2, 0.25) is 5.91 Å². The van der Waals surface area contributed by atoms with Crippen LogP contribution in [0.15, 0.2) is 66.9 Å². The predicted octanol–water partition coefficient (Wildman–Crippen LogP) is 6.17. The Morgan fingerprint density at radius 2 is 1.67 bits per heavy atom. The number of pyridine rings is 1. The fourth-order valence-corrected chi connectivity index (χ4v) is 3.98. The van der Waals surface area contributed by atoms with E-state index in [4.69, 9.17) is 0 Å². The standard InChI is InChI=1S/C28H31F4N3O/c1-18(2)16-35-27(36)26(20-7-5-4-6-8-20)33-14-13-23(21-9-11-24(29)19(3)15-21)22-10-12-25(34-17-22)28(30,31)32/h4-12,15,17-18,23,26,33H,13-14,16H2,1-3H3,(H,35,36)/t23-,26-/m0/s1. The van der Waals surface area contributed by atoms with E-state index in [0.29, 0.717) is 36.6 Å². The lowest BCUT2D eigenvalue weighted by Gasteiger charge is -2.23. The monoisotopic (exact) mass is 501 g/mol. The Morgan fingerprint density at radius 3 is 2.25 bits per heavy atom. The van der Waals surface area contributed by atoms with Crippen LogP contribution in [0.4, 0.5) is 17.6 Å². The van der Waals surface area contributed by atoms with E-state index in [-0.39, 0.29) is 17.6 Å². The van der Waals surface area contributed by atoms with Crippen LogP contribution < -0.4 is 10.6 Å². The Kier molecular flexibility index (Phi) is 9.20. The van der Waals surface area contributed by atoms with E-state index in [2.05, 4.69) is 15.6 Å². The third kappa shape index (κ3) is 7.37. The van der Waals surface area contributed by atoms with Gasteiger partial charge in [-0.25, -0.2) is 4.39 Å². The van der Waals surface area contributed by atoms with Crippen molar-refractivity contribution in [2.24, 2.45) is 5.92 Å². The molecule has 2 aromatic carbocycles. The molecule has 4 nitrogen and oxygen atoms in total. The van der Waals surface area contributed by atoms with Crippen LogP contribution in [-0.4, -0.2) is 24.0 Å². The van der Waals surface area contributed by atoms with Gasteiger partial charge < -0.3 is 10.6 Å². The molecule has 192 valence electrons. The molecule has 0 aliphatic rings. The summed E-state index contributed by atoms with van der Waals surface area (Å²) in [5.41, 5.74) is 1.63. The van der Waals surface area contributed by atoms with Gasteiger partial charge in [-0.15, -0.1) is 0 Å². The third-order valence-electron chi connectivity index (χ3n) is 5.92. The Labute approximate surface area is 209 Å². The maximum atomic E-state index is 13.9. The van der Waals surface area contributed by atoms with Crippen molar-refractivity contribution in [2.45, 2.75) is 45.3 Å². The van der Waals surface area contributed by atoms with Crippen molar-refractivity contribution < 1.29 is 22.4 Å². The zero-order chi connectivity index (χ0) is 26.3. The molecular formula is C28H31F4N3O. The molecule has 0 bridgehead atoms. The van der Waals surface area contributed by atoms with E-state index in [1.807, 2.05) is 44.2 Å². The molecule has 0 aliphatic carbocycles. The van der Waals surface area contributed by atoms with Crippen LogP contribution in [-0.2, 0) is 11.0 Å². The first kappa shape index (κ1) is 27.3. The molecule has 1 aromatic heterocycles. The van der Waals surface area contributed by atoms with Gasteiger partial charge in [-0.2, -0.15) is 13.2 Å². The molecule has 0 aliphatic heterocycles. The molecule has 0 fully saturated rings. The molecule has 0 saturated carbocycles. The average molecular weight is 502 g/mol. The van der Waals surface area contributed by atoms with Crippen molar-refractivity contribution in [2.75, 3.05) is 13.1 Å². The normalized spacial score (nSPS) is 13.4. The second kappa shape index (κ2) is 12.1. The number of nitrogens with one attached hydrogen (secondary N) is 2. The Hall–Kier alpha value is -3.26. The molecule has 1 amide bonds. The van der Waals surface area contributed by atoms with Crippen LogP contribution in [0.3, 0.4) is 0 Å². The minimum atomic E-state index is -4.53. The fraction of sp³-hybridized carbons (Fsp3) is 0.357. The molecule has 2 N–H and O–H groups in total. The molecule has 1 heterocycles. The second-order valence-electron chi connectivity index (χ2n) is 9.26. The number of amides is 1. The molecule has 3 aromatic rings. The van der Waals surface area contributed by atoms with Crippen LogP contribution in [0.1, 0.15) is 60.2 Å². The summed E-state index contributed by atoms with van der Waals surface area (Å²) in [4.78, 5) is 16.6. The largest absolute Gasteiger partial charge is 0.433 e. The van der Waals surface area contributed by atoms with Gasteiger partial charge in [0.05, 0.1) is 0 Å². The summed E-state index contributed by atoms with van der Waals surface area (Å²) in [6.45, 7) is 6.59. The van der Waals surface area contributed by atoms with Crippen molar-refractivity contribution >= 4 is 5.91 Å². The first-order valence-corrected chi connectivity index (χ1v) is 11.9. The van der Waals surface area contributed by atoms with Crippen molar-refractivity contribution in [1.82, 2.24) is 15.6 Å². The van der Waals surface area contributed by atoms with E-state index in [9.17, 15) is 22.4 Å². The number of rotatable bonds is 10. The predicted molar refractivity (Wildman–Crippen MR) is 132 cm³/mol. The maximum Gasteiger partial charge on any atom is 0.433 e. The van der Waals surface area contributed by atoms with E-state index >= 15 is 0 Å². The number of carbonyl (C=O) groups is 1. The summed E-state index contributed by atoms with van der Waals surface area (Å²) in [5, 5.41) is 6.26. The zero-order valence-electron chi connectivity index (χ0n) is 20.6. The molecule has 0 unspecified atom stereocenters. The van der Waals surface area contributed by atoms with Crippen LogP contribution in [0.5, 0.6) is 0 Å². The first-order valence-electron chi connectivity index (χ1n) is 11.9. The van der Waals surface area contributed by atoms with Gasteiger partial charge in [0.1, 0.15) is 17.6 Å². The van der Waals surface area contributed by atoms with Crippen LogP contribution in [0, 0.1) is 18.7 Å². The summed E-state index contributed by atoms with van der Waals surface area (Å²) >= 11 is 0. The highest BCUT2D eigenvalue weighted by Crippen LogP contribution is 2.32. The first-order chi connectivity index (χ1) is 17.1. The number of benzene rings is 2. The number of hydrogen-bond acceptors (Lipinski definition) is 3. The van der Waals surface area contributed by atoms with Crippen LogP contribution >= 0.6 is 0 Å². The van der Waals surface area contributed by atoms with Crippen molar-refractivity contribution in [3.05, 3.63) is 101 Å². The highest BCUT2D eigenvalue weighted by Gasteiger charge is 2.32. The van der Waals surface area contributed by atoms with E-state index in [1.165, 1.54) is 18.3 Å². The molecule has 0 saturated heterocycles. The summed E-state index contributed by atoms with van der Waals surface area (Å²) < 4.78 is 53.0. The van der Waals surface area contributed by atoms with Crippen molar-refractivity contribution in [3.63, 3.8) is 0 Å².